The summed E-state index contributed by atoms with van der Waals surface area (Å²) in [7, 11) is 0. The first-order chi connectivity index (χ1) is 15.6. The topological polar surface area (TPSA) is 89.8 Å². The van der Waals surface area contributed by atoms with E-state index in [2.05, 4.69) is 9.97 Å². The highest BCUT2D eigenvalue weighted by Gasteiger charge is 2.30. The molecule has 2 aromatic carbocycles. The fourth-order valence-electron chi connectivity index (χ4n) is 4.13. The maximum Gasteiger partial charge on any atom is 0.251 e. The van der Waals surface area contributed by atoms with Gasteiger partial charge in [-0.3, -0.25) is 4.79 Å². The largest absolute Gasteiger partial charge is 0.507 e. The molecule has 0 saturated carbocycles. The quantitative estimate of drug-likeness (QED) is 0.623. The van der Waals surface area contributed by atoms with Crippen molar-refractivity contribution >= 4 is 22.6 Å². The highest BCUT2D eigenvalue weighted by Crippen LogP contribution is 2.32. The molecule has 0 spiro atoms. The molecule has 1 saturated heterocycles. The van der Waals surface area contributed by atoms with E-state index in [0.29, 0.717) is 60.7 Å². The molecule has 1 aliphatic rings. The van der Waals surface area contributed by atoms with Crippen LogP contribution in [0, 0.1) is 11.2 Å². The van der Waals surface area contributed by atoms with Gasteiger partial charge < -0.3 is 20.0 Å². The van der Waals surface area contributed by atoms with Gasteiger partial charge in [0.15, 0.2) is 5.82 Å². The van der Waals surface area contributed by atoms with E-state index in [1.54, 1.807) is 35.2 Å². The second kappa shape index (κ2) is 8.94. The lowest BCUT2D eigenvalue weighted by molar-refractivity contribution is -0.142. The molecule has 4 rings (SSSR count). The molecule has 0 radical (unpaired) electrons. The van der Waals surface area contributed by atoms with Crippen LogP contribution in [0.1, 0.15) is 28.6 Å². The third-order valence-corrected chi connectivity index (χ3v) is 5.76. The minimum absolute atomic E-state index is 0. The van der Waals surface area contributed by atoms with Crippen molar-refractivity contribution in [3.05, 3.63) is 48.3 Å². The van der Waals surface area contributed by atoms with Crippen LogP contribution in [0.15, 0.2) is 42.5 Å². The number of carbonyl (C=O) groups excluding carboxylic acids is 1. The monoisotopic (exact) mass is 454 g/mol. The summed E-state index contributed by atoms with van der Waals surface area (Å²) < 4.78 is 14.1. The zero-order valence-corrected chi connectivity index (χ0v) is 19.1. The van der Waals surface area contributed by atoms with Gasteiger partial charge in [0.05, 0.1) is 11.1 Å². The van der Waals surface area contributed by atoms with Crippen LogP contribution in [0.5, 0.6) is 5.75 Å². The number of hydrogen-bond donors (Lipinski definition) is 2. The average molecular weight is 455 g/mol. The van der Waals surface area contributed by atoms with Crippen molar-refractivity contribution in [3.8, 4) is 17.1 Å². The lowest BCUT2D eigenvalue weighted by atomic mass is 9.89. The Morgan fingerprint density at radius 3 is 2.48 bits per heavy atom. The normalized spacial score (nSPS) is 15.7. The zero-order chi connectivity index (χ0) is 23.8. The standard InChI is InChI=1S/C25H29FN4O3.H2/c1-25(2,3)15-21(32)24(33)30-12-10-29(11-13-30)23-18-14-16(26)8-9-19(18)27-22(28-23)17-6-4-5-7-20(17)31;/h4-9,14,21,31-32H,10-13,15H2,1-3H3;1H/t21-;/m1./s1. The van der Waals surface area contributed by atoms with E-state index in [1.807, 2.05) is 25.7 Å². The number of carbonyl (C=O) groups is 1. The molecule has 3 aromatic rings. The van der Waals surface area contributed by atoms with Crippen molar-refractivity contribution in [1.29, 1.82) is 0 Å². The van der Waals surface area contributed by atoms with Crippen LogP contribution in [0.2, 0.25) is 0 Å². The van der Waals surface area contributed by atoms with Gasteiger partial charge in [0, 0.05) is 33.0 Å². The minimum atomic E-state index is -1.03. The molecule has 1 atom stereocenters. The van der Waals surface area contributed by atoms with Crippen LogP contribution >= 0.6 is 0 Å². The summed E-state index contributed by atoms with van der Waals surface area (Å²) >= 11 is 0. The van der Waals surface area contributed by atoms with Gasteiger partial charge in [-0.15, -0.1) is 0 Å². The summed E-state index contributed by atoms with van der Waals surface area (Å²) in [6, 6.07) is 11.2. The first kappa shape index (κ1) is 22.9. The Bertz CT molecular complexity index is 1180. The van der Waals surface area contributed by atoms with E-state index < -0.39 is 6.10 Å². The number of para-hydroxylation sites is 1. The van der Waals surface area contributed by atoms with E-state index in [-0.39, 0.29) is 24.3 Å². The Morgan fingerprint density at radius 1 is 1.12 bits per heavy atom. The average Bonchev–Trinajstić information content (AvgIpc) is 2.77. The number of benzene rings is 2. The number of aromatic hydroxyl groups is 1. The number of halogens is 1. The molecule has 33 heavy (non-hydrogen) atoms. The Kier molecular flexibility index (Phi) is 6.21. The van der Waals surface area contributed by atoms with Gasteiger partial charge in [0.1, 0.15) is 23.5 Å². The van der Waals surface area contributed by atoms with E-state index in [0.717, 1.165) is 0 Å². The molecule has 0 bridgehead atoms. The van der Waals surface area contributed by atoms with Gasteiger partial charge in [-0.1, -0.05) is 32.9 Å². The minimum Gasteiger partial charge on any atom is -0.507 e. The summed E-state index contributed by atoms with van der Waals surface area (Å²) in [5.74, 6) is 0.314. The second-order valence-corrected chi connectivity index (χ2v) is 9.64. The number of piperazine rings is 1. The van der Waals surface area contributed by atoms with Crippen LogP contribution < -0.4 is 4.90 Å². The van der Waals surface area contributed by atoms with E-state index in [4.69, 9.17) is 0 Å². The molecule has 1 fully saturated rings. The SMILES string of the molecule is CC(C)(C)C[C@@H](O)C(=O)N1CCN(c2nc(-c3ccccc3O)nc3ccc(F)cc23)CC1.[HH]. The number of aliphatic hydroxyl groups excluding tert-OH is 1. The van der Waals surface area contributed by atoms with Crippen LogP contribution in [0.25, 0.3) is 22.3 Å². The molecule has 1 aliphatic heterocycles. The number of anilines is 1. The number of amides is 1. The van der Waals surface area contributed by atoms with Gasteiger partial charge >= 0.3 is 0 Å². The van der Waals surface area contributed by atoms with Crippen LogP contribution in [0.4, 0.5) is 10.2 Å². The summed E-state index contributed by atoms with van der Waals surface area (Å²) in [4.78, 5) is 25.6. The maximum atomic E-state index is 14.1. The first-order valence-corrected chi connectivity index (χ1v) is 11.1. The second-order valence-electron chi connectivity index (χ2n) is 9.64. The van der Waals surface area contributed by atoms with E-state index >= 15 is 0 Å². The Balaban J connectivity index is 0.00000324. The van der Waals surface area contributed by atoms with Gasteiger partial charge in [-0.2, -0.15) is 0 Å². The number of hydrogen-bond acceptors (Lipinski definition) is 6. The highest BCUT2D eigenvalue weighted by atomic mass is 19.1. The van der Waals surface area contributed by atoms with Crippen LogP contribution in [0.3, 0.4) is 0 Å². The van der Waals surface area contributed by atoms with Crippen LogP contribution in [-0.2, 0) is 4.79 Å². The van der Waals surface area contributed by atoms with Crippen molar-refractivity contribution in [1.82, 2.24) is 14.9 Å². The van der Waals surface area contributed by atoms with Crippen LogP contribution in [-0.4, -0.2) is 63.3 Å². The van der Waals surface area contributed by atoms with Gasteiger partial charge in [-0.25, -0.2) is 14.4 Å². The Morgan fingerprint density at radius 2 is 1.82 bits per heavy atom. The number of phenols is 1. The summed E-state index contributed by atoms with van der Waals surface area (Å²) in [6.45, 7) is 7.78. The third-order valence-electron chi connectivity index (χ3n) is 5.76. The molecule has 176 valence electrons. The van der Waals surface area contributed by atoms with Crippen molar-refractivity contribution in [3.63, 3.8) is 0 Å². The predicted octanol–water partition coefficient (Wildman–Crippen LogP) is 3.83. The van der Waals surface area contributed by atoms with Crippen molar-refractivity contribution in [2.45, 2.75) is 33.3 Å². The van der Waals surface area contributed by atoms with Gasteiger partial charge in [0.25, 0.3) is 5.91 Å². The predicted molar refractivity (Wildman–Crippen MR) is 128 cm³/mol. The van der Waals surface area contributed by atoms with Gasteiger partial charge in [0.2, 0.25) is 0 Å². The highest BCUT2D eigenvalue weighted by molar-refractivity contribution is 5.91. The first-order valence-electron chi connectivity index (χ1n) is 11.1. The van der Waals surface area contributed by atoms with Crippen molar-refractivity contribution < 1.29 is 20.8 Å². The van der Waals surface area contributed by atoms with E-state index in [9.17, 15) is 19.4 Å². The van der Waals surface area contributed by atoms with Crippen molar-refractivity contribution in [2.75, 3.05) is 31.1 Å². The molecule has 2 heterocycles. The molecular weight excluding hydrogens is 423 g/mol. The number of phenolic OH excluding ortho intramolecular Hbond substituents is 1. The number of aromatic nitrogens is 2. The molecule has 8 heteroatoms. The lowest BCUT2D eigenvalue weighted by Gasteiger charge is -2.37. The number of nitrogens with zero attached hydrogens (tertiary/aromatic N) is 4. The summed E-state index contributed by atoms with van der Waals surface area (Å²) in [5.41, 5.74) is 0.906. The Hall–Kier alpha value is -3.26. The fourth-order valence-corrected chi connectivity index (χ4v) is 4.13. The van der Waals surface area contributed by atoms with Gasteiger partial charge in [-0.05, 0) is 42.2 Å². The summed E-state index contributed by atoms with van der Waals surface area (Å²) in [5, 5.41) is 21.2. The van der Waals surface area contributed by atoms with Crippen molar-refractivity contribution in [2.24, 2.45) is 5.41 Å². The summed E-state index contributed by atoms with van der Waals surface area (Å²) in [6.07, 6.45) is -0.635. The molecule has 7 nitrogen and oxygen atoms in total. The molecule has 2 N–H and O–H groups in total. The smallest absolute Gasteiger partial charge is 0.251 e. The maximum absolute atomic E-state index is 14.1. The zero-order valence-electron chi connectivity index (χ0n) is 19.1. The molecule has 1 amide bonds. The molecular formula is C25H31FN4O3. The number of aliphatic hydroxyl groups is 1. The molecule has 1 aromatic heterocycles. The lowest BCUT2D eigenvalue weighted by Crippen LogP contribution is -2.52. The number of rotatable bonds is 4. The molecule has 0 aliphatic carbocycles. The Labute approximate surface area is 194 Å². The molecule has 0 unspecified atom stereocenters. The third kappa shape index (κ3) is 5.06. The fraction of sp³-hybridized carbons (Fsp3) is 0.400. The number of fused-ring (bicyclic) bond motifs is 1. The van der Waals surface area contributed by atoms with E-state index in [1.165, 1.54) is 12.1 Å².